The minimum atomic E-state index is -0.0649. The highest BCUT2D eigenvalue weighted by atomic mass is 32.1. The van der Waals surface area contributed by atoms with Crippen LogP contribution in [-0.2, 0) is 5.41 Å². The van der Waals surface area contributed by atoms with Crippen LogP contribution in [0.2, 0.25) is 0 Å². The highest BCUT2D eigenvalue weighted by Gasteiger charge is 2.36. The van der Waals surface area contributed by atoms with Crippen LogP contribution in [0.15, 0.2) is 146 Å². The molecule has 0 bridgehead atoms. The van der Waals surface area contributed by atoms with Crippen molar-refractivity contribution in [2.75, 3.05) is 0 Å². The number of fused-ring (bicyclic) bond motifs is 8. The topological polar surface area (TPSA) is 0 Å². The number of allylic oxidation sites excluding steroid dienone is 4. The van der Waals surface area contributed by atoms with Gasteiger partial charge in [-0.15, -0.1) is 11.3 Å². The lowest BCUT2D eigenvalue weighted by Gasteiger charge is -2.22. The zero-order valence-electron chi connectivity index (χ0n) is 27.2. The molecule has 0 spiro atoms. The Labute approximate surface area is 285 Å². The second-order valence-corrected chi connectivity index (χ2v) is 15.0. The van der Waals surface area contributed by atoms with Gasteiger partial charge in [0.2, 0.25) is 0 Å². The van der Waals surface area contributed by atoms with Crippen LogP contribution >= 0.6 is 11.3 Å². The van der Waals surface area contributed by atoms with Crippen molar-refractivity contribution in [2.45, 2.75) is 32.1 Å². The van der Waals surface area contributed by atoms with Gasteiger partial charge in [-0.05, 0) is 114 Å². The summed E-state index contributed by atoms with van der Waals surface area (Å²) in [6.07, 6.45) is 8.93. The van der Waals surface area contributed by atoms with Gasteiger partial charge in [-0.1, -0.05) is 135 Å². The van der Waals surface area contributed by atoms with Crippen LogP contribution in [0.4, 0.5) is 0 Å². The van der Waals surface area contributed by atoms with E-state index in [1.165, 1.54) is 97.4 Å². The molecule has 0 radical (unpaired) electrons. The molecule has 0 amide bonds. The summed E-state index contributed by atoms with van der Waals surface area (Å²) in [6.45, 7) is 4.79. The third-order valence-electron chi connectivity index (χ3n) is 11.0. The summed E-state index contributed by atoms with van der Waals surface area (Å²) < 4.78 is 2.73. The summed E-state index contributed by atoms with van der Waals surface area (Å²) in [7, 11) is 0. The first-order valence-electron chi connectivity index (χ1n) is 17.1. The van der Waals surface area contributed by atoms with Crippen LogP contribution < -0.4 is 0 Å². The minimum absolute atomic E-state index is 0.0649. The Hall–Kier alpha value is -5.24. The second kappa shape index (κ2) is 10.4. The van der Waals surface area contributed by atoms with Crippen molar-refractivity contribution in [3.63, 3.8) is 0 Å². The Morgan fingerprint density at radius 3 is 1.75 bits per heavy atom. The lowest BCUT2D eigenvalue weighted by atomic mass is 9.81. The first-order valence-corrected chi connectivity index (χ1v) is 17.9. The smallest absolute Gasteiger partial charge is 0.0361 e. The van der Waals surface area contributed by atoms with Gasteiger partial charge in [0.15, 0.2) is 0 Å². The van der Waals surface area contributed by atoms with Crippen molar-refractivity contribution >= 4 is 58.6 Å². The summed E-state index contributed by atoms with van der Waals surface area (Å²) in [5, 5.41) is 7.94. The quantitative estimate of drug-likeness (QED) is 0.170. The Bertz CT molecular complexity index is 2620. The van der Waals surface area contributed by atoms with E-state index in [0.717, 1.165) is 12.8 Å². The van der Waals surface area contributed by atoms with Gasteiger partial charge in [0.05, 0.1) is 0 Å². The van der Waals surface area contributed by atoms with Gasteiger partial charge in [0, 0.05) is 25.6 Å². The molecule has 10 rings (SSSR count). The largest absolute Gasteiger partial charge is 0.135 e. The number of hydrogen-bond donors (Lipinski definition) is 0. The predicted molar refractivity (Wildman–Crippen MR) is 209 cm³/mol. The lowest BCUT2D eigenvalue weighted by molar-refractivity contribution is 0.661. The number of hydrogen-bond acceptors (Lipinski definition) is 1. The van der Waals surface area contributed by atoms with Crippen LogP contribution in [0, 0.1) is 0 Å². The average Bonchev–Trinajstić information content (AvgIpc) is 3.61. The number of benzene rings is 7. The molecule has 228 valence electrons. The van der Waals surface area contributed by atoms with E-state index in [9.17, 15) is 0 Å². The Kier molecular flexibility index (Phi) is 6.02. The summed E-state index contributed by atoms with van der Waals surface area (Å²) >= 11 is 1.91. The molecule has 1 heteroatoms. The summed E-state index contributed by atoms with van der Waals surface area (Å²) in [6, 6.07) is 48.4. The maximum atomic E-state index is 2.48. The summed E-state index contributed by atoms with van der Waals surface area (Å²) in [5.74, 6) is 0. The normalized spacial score (nSPS) is 14.9. The van der Waals surface area contributed by atoms with E-state index in [1.807, 2.05) is 11.3 Å². The molecule has 1 aromatic heterocycles. The molecule has 7 aromatic carbocycles. The molecule has 0 N–H and O–H groups in total. The third kappa shape index (κ3) is 4.01. The van der Waals surface area contributed by atoms with E-state index in [0.29, 0.717) is 0 Å². The Morgan fingerprint density at radius 1 is 0.500 bits per heavy atom. The van der Waals surface area contributed by atoms with Crippen molar-refractivity contribution in [3.8, 4) is 33.4 Å². The Morgan fingerprint density at radius 2 is 1.08 bits per heavy atom. The van der Waals surface area contributed by atoms with Crippen molar-refractivity contribution in [1.82, 2.24) is 0 Å². The first kappa shape index (κ1) is 27.8. The molecule has 48 heavy (non-hydrogen) atoms. The van der Waals surface area contributed by atoms with Gasteiger partial charge in [0.25, 0.3) is 0 Å². The number of rotatable bonds is 3. The SMILES string of the molecule is CC1(C)c2ccc(-c3c4ccccc4c(-c4ccc(C5=CC=CCC5)cc4)c4ccccc34)cc2-c2cc3sc4ccccc4c3cc21. The van der Waals surface area contributed by atoms with E-state index in [1.54, 1.807) is 0 Å². The fraction of sp³-hybridized carbons (Fsp3) is 0.106. The highest BCUT2D eigenvalue weighted by molar-refractivity contribution is 7.25. The van der Waals surface area contributed by atoms with E-state index in [2.05, 4.69) is 159 Å². The molecule has 0 aliphatic heterocycles. The second-order valence-electron chi connectivity index (χ2n) is 14.0. The molecule has 0 nitrogen and oxygen atoms in total. The minimum Gasteiger partial charge on any atom is -0.135 e. The average molecular weight is 631 g/mol. The standard InChI is InChI=1S/C47H34S/c1-47(2)41-25-24-32(26-38(41)39-28-44-40(27-42(39)47)33-14-10-11-19-43(33)48-44)46-36-17-8-6-15-34(36)45(35-16-7-9-18-37(35)46)31-22-20-30(21-23-31)29-12-4-3-5-13-29/h3-4,6-12,14-28H,5,13H2,1-2H3. The van der Waals surface area contributed by atoms with Gasteiger partial charge in [-0.2, -0.15) is 0 Å². The molecule has 0 fully saturated rings. The van der Waals surface area contributed by atoms with Crippen molar-refractivity contribution in [1.29, 1.82) is 0 Å². The van der Waals surface area contributed by atoms with E-state index in [-0.39, 0.29) is 5.41 Å². The van der Waals surface area contributed by atoms with Crippen LogP contribution in [-0.4, -0.2) is 0 Å². The molecule has 0 atom stereocenters. The predicted octanol–water partition coefficient (Wildman–Crippen LogP) is 13.7. The zero-order chi connectivity index (χ0) is 32.0. The first-order chi connectivity index (χ1) is 23.6. The monoisotopic (exact) mass is 630 g/mol. The Balaban J connectivity index is 1.19. The maximum absolute atomic E-state index is 2.48. The van der Waals surface area contributed by atoms with E-state index in [4.69, 9.17) is 0 Å². The van der Waals surface area contributed by atoms with Crippen molar-refractivity contribution in [2.24, 2.45) is 0 Å². The van der Waals surface area contributed by atoms with Crippen LogP contribution in [0.1, 0.15) is 43.4 Å². The van der Waals surface area contributed by atoms with Crippen molar-refractivity contribution in [3.05, 3.63) is 162 Å². The lowest BCUT2D eigenvalue weighted by Crippen LogP contribution is -2.14. The van der Waals surface area contributed by atoms with Crippen LogP contribution in [0.25, 0.3) is 80.7 Å². The van der Waals surface area contributed by atoms with Gasteiger partial charge >= 0.3 is 0 Å². The third-order valence-corrected chi connectivity index (χ3v) is 12.1. The van der Waals surface area contributed by atoms with Crippen LogP contribution in [0.3, 0.4) is 0 Å². The fourth-order valence-electron chi connectivity index (χ4n) is 8.57. The molecule has 2 aliphatic carbocycles. The molecule has 1 heterocycles. The fourth-order valence-corrected chi connectivity index (χ4v) is 9.70. The summed E-state index contributed by atoms with van der Waals surface area (Å²) in [4.78, 5) is 0. The molecular weight excluding hydrogens is 597 g/mol. The molecule has 0 saturated carbocycles. The summed E-state index contributed by atoms with van der Waals surface area (Å²) in [5.41, 5.74) is 13.4. The highest BCUT2D eigenvalue weighted by Crippen LogP contribution is 2.53. The molecule has 2 aliphatic rings. The molecule has 0 unspecified atom stereocenters. The molecule has 8 aromatic rings. The zero-order valence-corrected chi connectivity index (χ0v) is 28.0. The molecular formula is C47H34S. The molecule has 0 saturated heterocycles. The van der Waals surface area contributed by atoms with E-state index >= 15 is 0 Å². The van der Waals surface area contributed by atoms with Gasteiger partial charge < -0.3 is 0 Å². The maximum Gasteiger partial charge on any atom is 0.0361 e. The van der Waals surface area contributed by atoms with Gasteiger partial charge in [-0.25, -0.2) is 0 Å². The van der Waals surface area contributed by atoms with Crippen LogP contribution in [0.5, 0.6) is 0 Å². The number of thiophene rings is 1. The van der Waals surface area contributed by atoms with Gasteiger partial charge in [-0.3, -0.25) is 0 Å². The van der Waals surface area contributed by atoms with E-state index < -0.39 is 0 Å². The van der Waals surface area contributed by atoms with Crippen molar-refractivity contribution < 1.29 is 0 Å². The van der Waals surface area contributed by atoms with Gasteiger partial charge in [0.1, 0.15) is 0 Å².